The highest BCUT2D eigenvalue weighted by atomic mass is 16.6. The monoisotopic (exact) mass is 215 g/mol. The average molecular weight is 215 g/mol. The van der Waals surface area contributed by atoms with Crippen LogP contribution in [0.5, 0.6) is 0 Å². The van der Waals surface area contributed by atoms with E-state index >= 15 is 0 Å². The van der Waals surface area contributed by atoms with Crippen molar-refractivity contribution in [2.24, 2.45) is 17.6 Å². The summed E-state index contributed by atoms with van der Waals surface area (Å²) >= 11 is 0. The van der Waals surface area contributed by atoms with Gasteiger partial charge in [-0.05, 0) is 25.3 Å². The van der Waals surface area contributed by atoms with Gasteiger partial charge in [0.2, 0.25) is 0 Å². The fourth-order valence-electron chi connectivity index (χ4n) is 2.13. The van der Waals surface area contributed by atoms with E-state index in [-0.39, 0.29) is 11.9 Å². The van der Waals surface area contributed by atoms with Gasteiger partial charge in [-0.2, -0.15) is 0 Å². The van der Waals surface area contributed by atoms with Crippen LogP contribution in [0.3, 0.4) is 0 Å². The molecule has 0 aliphatic heterocycles. The molecule has 0 radical (unpaired) electrons. The van der Waals surface area contributed by atoms with Crippen LogP contribution in [0.25, 0.3) is 0 Å². The molecule has 4 nitrogen and oxygen atoms in total. The molecule has 1 fully saturated rings. The van der Waals surface area contributed by atoms with Gasteiger partial charge in [-0.3, -0.25) is 4.79 Å². The molecule has 2 atom stereocenters. The summed E-state index contributed by atoms with van der Waals surface area (Å²) in [5.41, 5.74) is 5.65. The molecule has 4 heteroatoms. The van der Waals surface area contributed by atoms with Crippen LogP contribution in [0.2, 0.25) is 0 Å². The molecule has 0 aromatic heterocycles. The molecule has 0 spiro atoms. The van der Waals surface area contributed by atoms with E-state index in [4.69, 9.17) is 15.2 Å². The van der Waals surface area contributed by atoms with Gasteiger partial charge in [-0.25, -0.2) is 0 Å². The van der Waals surface area contributed by atoms with Gasteiger partial charge in [0.05, 0.1) is 12.5 Å². The third-order valence-electron chi connectivity index (χ3n) is 3.05. The Balaban J connectivity index is 2.34. The number of esters is 1. The molecule has 2 N–H and O–H groups in total. The van der Waals surface area contributed by atoms with Gasteiger partial charge in [-0.15, -0.1) is 0 Å². The first-order chi connectivity index (χ1) is 7.29. The van der Waals surface area contributed by atoms with Crippen LogP contribution in [0, 0.1) is 11.8 Å². The van der Waals surface area contributed by atoms with Gasteiger partial charge in [0.15, 0.2) is 0 Å². The largest absolute Gasteiger partial charge is 0.463 e. The highest BCUT2D eigenvalue weighted by Gasteiger charge is 2.30. The lowest BCUT2D eigenvalue weighted by Crippen LogP contribution is -2.33. The second-order valence-corrected chi connectivity index (χ2v) is 4.05. The molecule has 1 rings (SSSR count). The standard InChI is InChI=1S/C11H21NO3/c1-14-6-7-15-11(13)10-5-3-2-4-9(10)8-12/h9-10H,2-8,12H2,1H3. The van der Waals surface area contributed by atoms with E-state index in [9.17, 15) is 4.79 Å². The number of nitrogens with two attached hydrogens (primary N) is 1. The van der Waals surface area contributed by atoms with E-state index in [1.165, 1.54) is 6.42 Å². The van der Waals surface area contributed by atoms with Crippen LogP contribution in [-0.4, -0.2) is 32.8 Å². The predicted octanol–water partition coefficient (Wildman–Crippen LogP) is 0.941. The minimum Gasteiger partial charge on any atom is -0.463 e. The molecule has 0 aromatic rings. The Morgan fingerprint density at radius 1 is 1.33 bits per heavy atom. The second kappa shape index (κ2) is 6.80. The number of carbonyl (C=O) groups excluding carboxylic acids is 1. The van der Waals surface area contributed by atoms with E-state index in [1.54, 1.807) is 7.11 Å². The molecular formula is C11H21NO3. The van der Waals surface area contributed by atoms with Crippen LogP contribution in [0.1, 0.15) is 25.7 Å². The molecular weight excluding hydrogens is 194 g/mol. The van der Waals surface area contributed by atoms with Gasteiger partial charge >= 0.3 is 5.97 Å². The second-order valence-electron chi connectivity index (χ2n) is 4.05. The molecule has 0 aromatic carbocycles. The molecule has 0 bridgehead atoms. The Morgan fingerprint density at radius 3 is 2.73 bits per heavy atom. The summed E-state index contributed by atoms with van der Waals surface area (Å²) in [5.74, 6) is 0.233. The van der Waals surface area contributed by atoms with Crippen molar-refractivity contribution in [1.29, 1.82) is 0 Å². The average Bonchev–Trinajstić information content (AvgIpc) is 2.29. The number of rotatable bonds is 5. The van der Waals surface area contributed by atoms with Crippen molar-refractivity contribution in [3.8, 4) is 0 Å². The van der Waals surface area contributed by atoms with Gasteiger partial charge in [0.1, 0.15) is 6.61 Å². The summed E-state index contributed by atoms with van der Waals surface area (Å²) in [6.07, 6.45) is 4.28. The molecule has 0 saturated heterocycles. The third-order valence-corrected chi connectivity index (χ3v) is 3.05. The summed E-state index contributed by atoms with van der Waals surface area (Å²) in [7, 11) is 1.59. The first-order valence-corrected chi connectivity index (χ1v) is 5.65. The van der Waals surface area contributed by atoms with Gasteiger partial charge in [-0.1, -0.05) is 12.8 Å². The quantitative estimate of drug-likeness (QED) is 0.547. The molecule has 15 heavy (non-hydrogen) atoms. The van der Waals surface area contributed by atoms with Crippen molar-refractivity contribution in [3.63, 3.8) is 0 Å². The zero-order valence-corrected chi connectivity index (χ0v) is 9.41. The smallest absolute Gasteiger partial charge is 0.309 e. The maximum atomic E-state index is 11.7. The molecule has 1 aliphatic rings. The molecule has 1 aliphatic carbocycles. The molecule has 1 saturated carbocycles. The minimum atomic E-state index is -0.0952. The Bertz CT molecular complexity index is 196. The zero-order chi connectivity index (χ0) is 11.1. The number of methoxy groups -OCH3 is 1. The highest BCUT2D eigenvalue weighted by molar-refractivity contribution is 5.72. The normalized spacial score (nSPS) is 26.3. The van der Waals surface area contributed by atoms with E-state index in [0.29, 0.717) is 25.7 Å². The topological polar surface area (TPSA) is 61.5 Å². The number of hydrogen-bond donors (Lipinski definition) is 1. The predicted molar refractivity (Wildman–Crippen MR) is 57.3 cm³/mol. The van der Waals surface area contributed by atoms with Crippen LogP contribution < -0.4 is 5.73 Å². The molecule has 0 amide bonds. The molecule has 2 unspecified atom stereocenters. The van der Waals surface area contributed by atoms with E-state index in [1.807, 2.05) is 0 Å². The summed E-state index contributed by atoms with van der Waals surface area (Å²) in [5, 5.41) is 0. The van der Waals surface area contributed by atoms with E-state index in [2.05, 4.69) is 0 Å². The van der Waals surface area contributed by atoms with Crippen LogP contribution in [0.15, 0.2) is 0 Å². The summed E-state index contributed by atoms with van der Waals surface area (Å²) in [6, 6.07) is 0. The summed E-state index contributed by atoms with van der Waals surface area (Å²) < 4.78 is 9.97. The minimum absolute atomic E-state index is 0.0145. The Morgan fingerprint density at radius 2 is 2.07 bits per heavy atom. The van der Waals surface area contributed by atoms with Crippen molar-refractivity contribution in [3.05, 3.63) is 0 Å². The lowest BCUT2D eigenvalue weighted by molar-refractivity contribution is -0.152. The highest BCUT2D eigenvalue weighted by Crippen LogP contribution is 2.30. The van der Waals surface area contributed by atoms with Crippen LogP contribution in [0.4, 0.5) is 0 Å². The van der Waals surface area contributed by atoms with Crippen LogP contribution >= 0.6 is 0 Å². The number of hydrogen-bond acceptors (Lipinski definition) is 4. The van der Waals surface area contributed by atoms with Gasteiger partial charge in [0.25, 0.3) is 0 Å². The summed E-state index contributed by atoms with van der Waals surface area (Å²) in [6.45, 7) is 1.40. The van der Waals surface area contributed by atoms with Gasteiger partial charge in [0, 0.05) is 7.11 Å². The molecule has 0 heterocycles. The van der Waals surface area contributed by atoms with Crippen molar-refractivity contribution in [2.75, 3.05) is 26.9 Å². The van der Waals surface area contributed by atoms with Crippen LogP contribution in [-0.2, 0) is 14.3 Å². The van der Waals surface area contributed by atoms with Crippen molar-refractivity contribution in [1.82, 2.24) is 0 Å². The number of carbonyl (C=O) groups is 1. The first-order valence-electron chi connectivity index (χ1n) is 5.65. The zero-order valence-electron chi connectivity index (χ0n) is 9.41. The lowest BCUT2D eigenvalue weighted by Gasteiger charge is -2.28. The Kier molecular flexibility index (Phi) is 5.65. The Labute approximate surface area is 91.1 Å². The fourth-order valence-corrected chi connectivity index (χ4v) is 2.13. The fraction of sp³-hybridized carbons (Fsp3) is 0.909. The number of ether oxygens (including phenoxy) is 2. The SMILES string of the molecule is COCCOC(=O)C1CCCCC1CN. The molecule has 88 valence electrons. The lowest BCUT2D eigenvalue weighted by atomic mass is 9.79. The van der Waals surface area contributed by atoms with E-state index in [0.717, 1.165) is 19.3 Å². The first kappa shape index (κ1) is 12.5. The van der Waals surface area contributed by atoms with Gasteiger partial charge < -0.3 is 15.2 Å². The summed E-state index contributed by atoms with van der Waals surface area (Å²) in [4.78, 5) is 11.7. The van der Waals surface area contributed by atoms with Crippen molar-refractivity contribution >= 4 is 5.97 Å². The third kappa shape index (κ3) is 3.80. The maximum Gasteiger partial charge on any atom is 0.309 e. The Hall–Kier alpha value is -0.610. The van der Waals surface area contributed by atoms with E-state index < -0.39 is 0 Å². The van der Waals surface area contributed by atoms with Crippen molar-refractivity contribution < 1.29 is 14.3 Å². The maximum absolute atomic E-state index is 11.7. The van der Waals surface area contributed by atoms with Crippen molar-refractivity contribution in [2.45, 2.75) is 25.7 Å².